The molecule has 6 nitrogen and oxygen atoms in total. The average Bonchev–Trinajstić information content (AvgIpc) is 1.79. The maximum absolute atomic E-state index is 10.3. The van der Waals surface area contributed by atoms with E-state index >= 15 is 0 Å². The summed E-state index contributed by atoms with van der Waals surface area (Å²) in [4.78, 5) is 16.7. The van der Waals surface area contributed by atoms with E-state index < -0.39 is 29.9 Å². The second-order valence-electron chi connectivity index (χ2n) is 2.20. The lowest BCUT2D eigenvalue weighted by atomic mass is 10.9. The van der Waals surface area contributed by atoms with E-state index in [1.165, 1.54) is 13.8 Å². The van der Waals surface area contributed by atoms with E-state index in [2.05, 4.69) is 3.97 Å². The molecule has 0 aliphatic carbocycles. The molecule has 2 unspecified atom stereocenters. The molecule has 4 N–H and O–H groups in total. The van der Waals surface area contributed by atoms with Gasteiger partial charge in [-0.1, -0.05) is 11.2 Å². The SMILES string of the molecule is CC(O)[SH](OP(=O)(O)O)C(C)O. The third-order valence-electron chi connectivity index (χ3n) is 0.937. The molecule has 0 spiro atoms. The van der Waals surface area contributed by atoms with Gasteiger partial charge in [-0.25, -0.2) is 8.54 Å². The molecule has 0 aromatic heterocycles. The number of phosphoric acid groups is 1. The largest absolute Gasteiger partial charge is 0.479 e. The van der Waals surface area contributed by atoms with Crippen LogP contribution in [0.1, 0.15) is 13.8 Å². The Hall–Kier alpha value is 0.380. The van der Waals surface area contributed by atoms with Gasteiger partial charge in [0.05, 0.1) is 0 Å². The Morgan fingerprint density at radius 3 is 1.67 bits per heavy atom. The van der Waals surface area contributed by atoms with Gasteiger partial charge in [0.2, 0.25) is 0 Å². The molecule has 0 aliphatic rings. The maximum atomic E-state index is 10.3. The van der Waals surface area contributed by atoms with Gasteiger partial charge in [-0.05, 0) is 13.8 Å². The van der Waals surface area contributed by atoms with Crippen LogP contribution in [0.2, 0.25) is 0 Å². The van der Waals surface area contributed by atoms with Crippen LogP contribution in [0.3, 0.4) is 0 Å². The van der Waals surface area contributed by atoms with E-state index in [4.69, 9.17) is 20.0 Å². The smallest absolute Gasteiger partial charge is 0.382 e. The van der Waals surface area contributed by atoms with Gasteiger partial charge in [0.1, 0.15) is 10.9 Å². The van der Waals surface area contributed by atoms with E-state index in [0.29, 0.717) is 0 Å². The van der Waals surface area contributed by atoms with E-state index in [0.717, 1.165) is 0 Å². The Balaban J connectivity index is 4.25. The quantitative estimate of drug-likeness (QED) is 0.328. The minimum Gasteiger partial charge on any atom is -0.382 e. The first kappa shape index (κ1) is 12.4. The van der Waals surface area contributed by atoms with Crippen molar-refractivity contribution in [3.8, 4) is 0 Å². The van der Waals surface area contributed by atoms with E-state index in [1.54, 1.807) is 0 Å². The van der Waals surface area contributed by atoms with Crippen molar-refractivity contribution in [2.75, 3.05) is 0 Å². The summed E-state index contributed by atoms with van der Waals surface area (Å²) in [5, 5.41) is 17.9. The molecule has 0 fully saturated rings. The van der Waals surface area contributed by atoms with Crippen LogP contribution in [0, 0.1) is 0 Å². The van der Waals surface area contributed by atoms with Gasteiger partial charge in [0.15, 0.2) is 0 Å². The van der Waals surface area contributed by atoms with Crippen molar-refractivity contribution in [1.29, 1.82) is 0 Å². The normalized spacial score (nSPS) is 21.7. The van der Waals surface area contributed by atoms with Crippen molar-refractivity contribution in [3.63, 3.8) is 0 Å². The number of hydrogen-bond acceptors (Lipinski definition) is 4. The molecule has 2 atom stereocenters. The molecule has 12 heavy (non-hydrogen) atoms. The number of hydrogen-bond donors (Lipinski definition) is 5. The lowest BCUT2D eigenvalue weighted by Crippen LogP contribution is -2.13. The highest BCUT2D eigenvalue weighted by Gasteiger charge is 2.26. The molecule has 0 heterocycles. The number of aliphatic hydroxyl groups excluding tert-OH is 2. The van der Waals surface area contributed by atoms with Gasteiger partial charge in [-0.15, -0.1) is 0 Å². The van der Waals surface area contributed by atoms with Crippen molar-refractivity contribution in [3.05, 3.63) is 0 Å². The fraction of sp³-hybridized carbons (Fsp3) is 1.00. The molecule has 0 aliphatic heterocycles. The van der Waals surface area contributed by atoms with E-state index in [-0.39, 0.29) is 0 Å². The molecule has 8 heteroatoms. The van der Waals surface area contributed by atoms with Crippen LogP contribution in [0.25, 0.3) is 0 Å². The fourth-order valence-electron chi connectivity index (χ4n) is 0.571. The monoisotopic (exact) mass is 220 g/mol. The standard InChI is InChI=1S/C4H13O6PS/c1-3(5)12(4(2)6)10-11(7,8)9/h3-6,12H,1-2H3,(H2,7,8,9). The third kappa shape index (κ3) is 5.10. The zero-order chi connectivity index (χ0) is 9.94. The topological polar surface area (TPSA) is 107 Å². The third-order valence-corrected chi connectivity index (χ3v) is 4.02. The van der Waals surface area contributed by atoms with E-state index in [9.17, 15) is 4.57 Å². The second kappa shape index (κ2) is 4.57. The van der Waals surface area contributed by atoms with Gasteiger partial charge in [-0.2, -0.15) is 0 Å². The fourth-order valence-corrected chi connectivity index (χ4v) is 3.27. The molecule has 0 rings (SSSR count). The lowest BCUT2D eigenvalue weighted by molar-refractivity contribution is 0.224. The van der Waals surface area contributed by atoms with Gasteiger partial charge in [0.25, 0.3) is 0 Å². The Morgan fingerprint density at radius 1 is 1.25 bits per heavy atom. The Labute approximate surface area is 73.0 Å². The number of rotatable bonds is 4. The van der Waals surface area contributed by atoms with Gasteiger partial charge >= 0.3 is 7.82 Å². The molecule has 0 aromatic carbocycles. The van der Waals surface area contributed by atoms with Crippen LogP contribution < -0.4 is 0 Å². The summed E-state index contributed by atoms with van der Waals surface area (Å²) in [5.41, 5.74) is -2.15. The average molecular weight is 220 g/mol. The van der Waals surface area contributed by atoms with Crippen LogP contribution in [0.5, 0.6) is 0 Å². The Bertz CT molecular complexity index is 168. The molecular weight excluding hydrogens is 207 g/mol. The highest BCUT2D eigenvalue weighted by atomic mass is 32.2. The first-order chi connectivity index (χ1) is 5.24. The second-order valence-corrected chi connectivity index (χ2v) is 6.04. The van der Waals surface area contributed by atoms with Crippen LogP contribution in [0.15, 0.2) is 0 Å². The Morgan fingerprint density at radius 2 is 1.58 bits per heavy atom. The lowest BCUT2D eigenvalue weighted by Gasteiger charge is -2.26. The first-order valence-electron chi connectivity index (χ1n) is 3.14. The van der Waals surface area contributed by atoms with Crippen molar-refractivity contribution in [2.45, 2.75) is 24.7 Å². The van der Waals surface area contributed by atoms with Crippen molar-refractivity contribution in [2.24, 2.45) is 0 Å². The summed E-state index contributed by atoms with van der Waals surface area (Å²) >= 11 is -1.92. The molecule has 0 saturated heterocycles. The van der Waals surface area contributed by atoms with Crippen LogP contribution in [0.4, 0.5) is 0 Å². The molecule has 0 aromatic rings. The zero-order valence-electron chi connectivity index (χ0n) is 6.65. The summed E-state index contributed by atoms with van der Waals surface area (Å²) in [6.45, 7) is 2.60. The highest BCUT2D eigenvalue weighted by Crippen LogP contribution is 2.51. The van der Waals surface area contributed by atoms with Gasteiger partial charge < -0.3 is 20.0 Å². The van der Waals surface area contributed by atoms with E-state index in [1.807, 2.05) is 0 Å². The molecule has 0 radical (unpaired) electrons. The predicted molar refractivity (Wildman–Crippen MR) is 45.5 cm³/mol. The minimum absolute atomic E-state index is 1.08. The summed E-state index contributed by atoms with van der Waals surface area (Å²) in [6.07, 6.45) is 0. The maximum Gasteiger partial charge on any atom is 0.479 e. The van der Waals surface area contributed by atoms with Crippen molar-refractivity contribution < 1.29 is 28.5 Å². The molecule has 0 saturated carbocycles. The molecule has 0 bridgehead atoms. The first-order valence-corrected chi connectivity index (χ1v) is 6.06. The predicted octanol–water partition coefficient (Wildman–Crippen LogP) is -0.312. The van der Waals surface area contributed by atoms with Gasteiger partial charge in [0, 0.05) is 0 Å². The zero-order valence-corrected chi connectivity index (χ0v) is 8.44. The highest BCUT2D eigenvalue weighted by molar-refractivity contribution is 8.15. The van der Waals surface area contributed by atoms with Gasteiger partial charge in [-0.3, -0.25) is 0 Å². The number of aliphatic hydroxyl groups is 2. The van der Waals surface area contributed by atoms with Crippen molar-refractivity contribution in [1.82, 2.24) is 0 Å². The Kier molecular flexibility index (Phi) is 4.71. The van der Waals surface area contributed by atoms with Crippen LogP contribution in [-0.2, 0) is 8.54 Å². The number of thiol groups is 1. The molecule has 76 valence electrons. The summed E-state index contributed by atoms with van der Waals surface area (Å²) in [7, 11) is -4.62. The molecular formula is C4H13O6PS. The van der Waals surface area contributed by atoms with Crippen LogP contribution >= 0.6 is 19.0 Å². The van der Waals surface area contributed by atoms with Crippen LogP contribution in [-0.4, -0.2) is 30.9 Å². The minimum atomic E-state index is -4.62. The van der Waals surface area contributed by atoms with Crippen molar-refractivity contribution >= 4 is 19.0 Å². The summed E-state index contributed by atoms with van der Waals surface area (Å²) in [5.74, 6) is 0. The summed E-state index contributed by atoms with van der Waals surface area (Å²) < 4.78 is 14.5. The molecule has 0 amide bonds. The summed E-state index contributed by atoms with van der Waals surface area (Å²) in [6, 6.07) is 0.